The van der Waals surface area contributed by atoms with Gasteiger partial charge in [-0.05, 0) is 40.8 Å². The van der Waals surface area contributed by atoms with Gasteiger partial charge in [0.25, 0.3) is 0 Å². The molecule has 3 heterocycles. The molecule has 2 atom stereocenters. The number of amides is 1. The van der Waals surface area contributed by atoms with Crippen LogP contribution in [-0.4, -0.2) is 27.0 Å². The van der Waals surface area contributed by atoms with Gasteiger partial charge in [-0.1, -0.05) is 6.92 Å². The van der Waals surface area contributed by atoms with Gasteiger partial charge < -0.3 is 4.90 Å². The predicted octanol–water partition coefficient (Wildman–Crippen LogP) is 2.53. The van der Waals surface area contributed by atoms with Gasteiger partial charge in [0.2, 0.25) is 11.9 Å². The maximum absolute atomic E-state index is 14.0. The summed E-state index contributed by atoms with van der Waals surface area (Å²) >= 11 is 3.04. The summed E-state index contributed by atoms with van der Waals surface area (Å²) in [5, 5.41) is 13.6. The minimum atomic E-state index is -0.970. The van der Waals surface area contributed by atoms with Crippen molar-refractivity contribution in [1.29, 1.82) is 5.26 Å². The van der Waals surface area contributed by atoms with Crippen LogP contribution in [0.15, 0.2) is 16.9 Å². The van der Waals surface area contributed by atoms with Crippen molar-refractivity contribution >= 4 is 33.2 Å². The molecule has 2 fully saturated rings. The third-order valence-electron chi connectivity index (χ3n) is 4.93. The molecule has 0 N–H and O–H groups in total. The number of nitrogens with zero attached hydrogens (tertiary/aromatic N) is 5. The van der Waals surface area contributed by atoms with Crippen LogP contribution in [0.4, 0.5) is 10.1 Å². The molecular weight excluding hydrogens is 365 g/mol. The van der Waals surface area contributed by atoms with Crippen molar-refractivity contribution < 1.29 is 9.18 Å². The lowest BCUT2D eigenvalue weighted by molar-refractivity contribution is -0.124. The molecule has 1 amide bonds. The Bertz CT molecular complexity index is 871. The second kappa shape index (κ2) is 4.74. The summed E-state index contributed by atoms with van der Waals surface area (Å²) in [6.07, 6.45) is 3.25. The number of fused-ring (bicyclic) bond motifs is 1. The molecule has 6 nitrogen and oxygen atoms in total. The SMILES string of the molecule is C[C@@H]1CN(c2ccnn3c(F)c(Br)nc23)C(=O)[C@]1(C#N)C1CC1. The van der Waals surface area contributed by atoms with Crippen molar-refractivity contribution in [1.82, 2.24) is 14.6 Å². The van der Waals surface area contributed by atoms with Crippen LogP contribution >= 0.6 is 15.9 Å². The molecule has 4 rings (SSSR count). The minimum absolute atomic E-state index is 0.0471. The van der Waals surface area contributed by atoms with Crippen LogP contribution in [0.3, 0.4) is 0 Å². The normalized spacial score (nSPS) is 27.7. The second-order valence-corrected chi connectivity index (χ2v) is 6.97. The third-order valence-corrected chi connectivity index (χ3v) is 5.44. The molecule has 118 valence electrons. The number of hydrogen-bond donors (Lipinski definition) is 0. The molecule has 8 heteroatoms. The van der Waals surface area contributed by atoms with Gasteiger partial charge in [-0.3, -0.25) is 4.79 Å². The lowest BCUT2D eigenvalue weighted by Crippen LogP contribution is -2.37. The van der Waals surface area contributed by atoms with E-state index in [1.54, 1.807) is 11.0 Å². The van der Waals surface area contributed by atoms with Crippen molar-refractivity contribution in [2.24, 2.45) is 17.3 Å². The average Bonchev–Trinajstić information content (AvgIpc) is 3.30. The van der Waals surface area contributed by atoms with Gasteiger partial charge in [0.05, 0.1) is 18.0 Å². The van der Waals surface area contributed by atoms with Crippen LogP contribution in [0.5, 0.6) is 0 Å². The Labute approximate surface area is 140 Å². The smallest absolute Gasteiger partial charge is 0.249 e. The van der Waals surface area contributed by atoms with E-state index >= 15 is 0 Å². The Morgan fingerprint density at radius 1 is 1.52 bits per heavy atom. The Kier molecular flexibility index (Phi) is 3.00. The van der Waals surface area contributed by atoms with Gasteiger partial charge in [-0.15, -0.1) is 0 Å². The maximum atomic E-state index is 14.0. The third kappa shape index (κ3) is 1.80. The fraction of sp³-hybridized carbons (Fsp3) is 0.467. The Morgan fingerprint density at radius 3 is 2.91 bits per heavy atom. The lowest BCUT2D eigenvalue weighted by atomic mass is 9.75. The zero-order chi connectivity index (χ0) is 16.4. The van der Waals surface area contributed by atoms with E-state index < -0.39 is 11.4 Å². The van der Waals surface area contributed by atoms with E-state index in [1.165, 1.54) is 6.20 Å². The summed E-state index contributed by atoms with van der Waals surface area (Å²) in [7, 11) is 0. The molecule has 1 aliphatic carbocycles. The summed E-state index contributed by atoms with van der Waals surface area (Å²) < 4.78 is 15.1. The van der Waals surface area contributed by atoms with Crippen LogP contribution < -0.4 is 4.90 Å². The number of carbonyl (C=O) groups excluding carboxylic acids is 1. The first-order valence-corrected chi connectivity index (χ1v) is 8.22. The van der Waals surface area contributed by atoms with E-state index in [2.05, 4.69) is 32.1 Å². The molecule has 1 saturated heterocycles. The average molecular weight is 378 g/mol. The molecule has 0 unspecified atom stereocenters. The van der Waals surface area contributed by atoms with E-state index in [1.807, 2.05) is 6.92 Å². The predicted molar refractivity (Wildman–Crippen MR) is 82.9 cm³/mol. The maximum Gasteiger partial charge on any atom is 0.249 e. The number of rotatable bonds is 2. The van der Waals surface area contributed by atoms with Gasteiger partial charge in [0.15, 0.2) is 10.3 Å². The van der Waals surface area contributed by atoms with E-state index in [0.29, 0.717) is 12.2 Å². The van der Waals surface area contributed by atoms with Gasteiger partial charge in [0.1, 0.15) is 5.41 Å². The number of nitriles is 1. The van der Waals surface area contributed by atoms with Crippen LogP contribution in [0.25, 0.3) is 5.65 Å². The molecule has 1 saturated carbocycles. The van der Waals surface area contributed by atoms with E-state index in [-0.39, 0.29) is 28.0 Å². The summed E-state index contributed by atoms with van der Waals surface area (Å²) in [6, 6.07) is 3.92. The zero-order valence-corrected chi connectivity index (χ0v) is 13.9. The number of imidazole rings is 1. The largest absolute Gasteiger partial charge is 0.307 e. The quantitative estimate of drug-likeness (QED) is 0.805. The van der Waals surface area contributed by atoms with Gasteiger partial charge in [0, 0.05) is 12.5 Å². The van der Waals surface area contributed by atoms with E-state index in [4.69, 9.17) is 0 Å². The van der Waals surface area contributed by atoms with Crippen molar-refractivity contribution in [3.8, 4) is 6.07 Å². The van der Waals surface area contributed by atoms with E-state index in [9.17, 15) is 14.4 Å². The van der Waals surface area contributed by atoms with Gasteiger partial charge in [-0.25, -0.2) is 4.98 Å². The molecule has 0 bridgehead atoms. The zero-order valence-electron chi connectivity index (χ0n) is 12.3. The highest BCUT2D eigenvalue weighted by Gasteiger charge is 2.61. The second-order valence-electron chi connectivity index (χ2n) is 6.22. The Morgan fingerprint density at radius 2 is 2.26 bits per heavy atom. The van der Waals surface area contributed by atoms with Crippen LogP contribution in [0, 0.1) is 34.5 Å². The van der Waals surface area contributed by atoms with Crippen LogP contribution in [0.2, 0.25) is 0 Å². The lowest BCUT2D eigenvalue weighted by Gasteiger charge is -2.23. The Hall–Kier alpha value is -2.01. The highest BCUT2D eigenvalue weighted by atomic mass is 79.9. The van der Waals surface area contributed by atoms with Crippen molar-refractivity contribution in [3.05, 3.63) is 22.8 Å². The first kappa shape index (κ1) is 14.6. The monoisotopic (exact) mass is 377 g/mol. The molecule has 0 aromatic carbocycles. The molecule has 0 spiro atoms. The minimum Gasteiger partial charge on any atom is -0.307 e. The number of carbonyl (C=O) groups is 1. The van der Waals surface area contributed by atoms with Crippen LogP contribution in [0.1, 0.15) is 19.8 Å². The highest BCUT2D eigenvalue weighted by molar-refractivity contribution is 9.10. The van der Waals surface area contributed by atoms with Crippen molar-refractivity contribution in [2.75, 3.05) is 11.4 Å². The first-order chi connectivity index (χ1) is 11.0. The molecular formula is C15H13BrFN5O. The van der Waals surface area contributed by atoms with Crippen molar-refractivity contribution in [2.45, 2.75) is 19.8 Å². The van der Waals surface area contributed by atoms with Crippen LogP contribution in [-0.2, 0) is 4.79 Å². The number of halogens is 2. The summed E-state index contributed by atoms with van der Waals surface area (Å²) in [5.74, 6) is -0.775. The summed E-state index contributed by atoms with van der Waals surface area (Å²) in [5.41, 5.74) is -0.219. The topological polar surface area (TPSA) is 74.3 Å². The summed E-state index contributed by atoms with van der Waals surface area (Å²) in [4.78, 5) is 18.7. The highest BCUT2D eigenvalue weighted by Crippen LogP contribution is 2.54. The van der Waals surface area contributed by atoms with E-state index in [0.717, 1.165) is 17.4 Å². The van der Waals surface area contributed by atoms with Gasteiger partial charge >= 0.3 is 0 Å². The molecule has 0 radical (unpaired) electrons. The number of aromatic nitrogens is 3. The number of hydrogen-bond acceptors (Lipinski definition) is 4. The van der Waals surface area contributed by atoms with Gasteiger partial charge in [-0.2, -0.15) is 19.3 Å². The molecule has 1 aliphatic heterocycles. The molecule has 23 heavy (non-hydrogen) atoms. The summed E-state index contributed by atoms with van der Waals surface area (Å²) in [6.45, 7) is 2.36. The standard InChI is InChI=1S/C15H13BrFN5O/c1-8-6-21(14(23)15(8,7-18)9-2-3-9)10-4-5-19-22-12(17)11(16)20-13(10)22/h4-5,8-9H,2-3,6H2,1H3/t8-,15+/m1/s1. The Balaban J connectivity index is 1.85. The van der Waals surface area contributed by atoms with Crippen molar-refractivity contribution in [3.63, 3.8) is 0 Å². The number of anilines is 1. The fourth-order valence-electron chi connectivity index (χ4n) is 3.60. The fourth-order valence-corrected chi connectivity index (χ4v) is 3.94. The molecule has 2 aromatic heterocycles. The first-order valence-electron chi connectivity index (χ1n) is 7.42. The molecule has 2 aliphatic rings. The molecule has 2 aromatic rings.